The molecule has 0 aliphatic carbocycles. The van der Waals surface area contributed by atoms with Crippen LogP contribution in [0.5, 0.6) is 0 Å². The average molecular weight is 266 g/mol. The number of rotatable bonds is 3. The predicted molar refractivity (Wildman–Crippen MR) is 73.2 cm³/mol. The SMILES string of the molecule is O=NC(=O)c1cccc2c1cnn2Cc1cccnc1. The molecule has 0 aliphatic rings. The van der Waals surface area contributed by atoms with Crippen LogP contribution < -0.4 is 0 Å². The molecule has 0 spiro atoms. The van der Waals surface area contributed by atoms with E-state index in [4.69, 9.17) is 0 Å². The van der Waals surface area contributed by atoms with Gasteiger partial charge in [-0.15, -0.1) is 4.91 Å². The Morgan fingerprint density at radius 2 is 2.10 bits per heavy atom. The van der Waals surface area contributed by atoms with E-state index in [0.717, 1.165) is 11.1 Å². The first-order chi connectivity index (χ1) is 9.79. The topological polar surface area (TPSA) is 77.2 Å². The molecular weight excluding hydrogens is 256 g/mol. The fourth-order valence-corrected chi connectivity index (χ4v) is 2.13. The molecule has 98 valence electrons. The van der Waals surface area contributed by atoms with E-state index in [1.54, 1.807) is 35.4 Å². The Balaban J connectivity index is 2.06. The minimum atomic E-state index is -0.781. The van der Waals surface area contributed by atoms with Gasteiger partial charge in [-0.25, -0.2) is 0 Å². The zero-order chi connectivity index (χ0) is 13.9. The summed E-state index contributed by atoms with van der Waals surface area (Å²) in [5.74, 6) is -0.781. The summed E-state index contributed by atoms with van der Waals surface area (Å²) in [4.78, 5) is 25.9. The van der Waals surface area contributed by atoms with Gasteiger partial charge in [0.15, 0.2) is 0 Å². The third-order valence-electron chi connectivity index (χ3n) is 3.06. The molecule has 0 aliphatic heterocycles. The van der Waals surface area contributed by atoms with Crippen molar-refractivity contribution in [2.75, 3.05) is 0 Å². The van der Waals surface area contributed by atoms with Crippen LogP contribution in [-0.2, 0) is 6.54 Å². The van der Waals surface area contributed by atoms with Crippen molar-refractivity contribution in [3.05, 3.63) is 65.0 Å². The Hall–Kier alpha value is -2.89. The van der Waals surface area contributed by atoms with Gasteiger partial charge in [0.1, 0.15) is 0 Å². The normalized spacial score (nSPS) is 10.6. The molecule has 0 atom stereocenters. The monoisotopic (exact) mass is 266 g/mol. The number of nitroso groups, excluding NO2 is 1. The number of hydrogen-bond donors (Lipinski definition) is 0. The largest absolute Gasteiger partial charge is 0.317 e. The first-order valence-electron chi connectivity index (χ1n) is 6.00. The van der Waals surface area contributed by atoms with Crippen molar-refractivity contribution in [1.82, 2.24) is 14.8 Å². The summed E-state index contributed by atoms with van der Waals surface area (Å²) in [6.45, 7) is 0.545. The Labute approximate surface area is 114 Å². The van der Waals surface area contributed by atoms with E-state index in [2.05, 4.69) is 15.3 Å². The number of benzene rings is 1. The van der Waals surface area contributed by atoms with Crippen molar-refractivity contribution in [2.24, 2.45) is 5.18 Å². The second kappa shape index (κ2) is 5.00. The van der Waals surface area contributed by atoms with Crippen LogP contribution in [-0.4, -0.2) is 20.7 Å². The number of fused-ring (bicyclic) bond motifs is 1. The molecule has 2 aromatic heterocycles. The summed E-state index contributed by atoms with van der Waals surface area (Å²) in [6, 6.07) is 8.93. The molecule has 0 bridgehead atoms. The maximum absolute atomic E-state index is 11.5. The molecule has 1 aromatic carbocycles. The quantitative estimate of drug-likeness (QED) is 0.682. The number of carbonyl (C=O) groups excluding carboxylic acids is 1. The first kappa shape index (κ1) is 12.2. The predicted octanol–water partition coefficient (Wildman–Crippen LogP) is 2.39. The van der Waals surface area contributed by atoms with Crippen LogP contribution in [0.1, 0.15) is 15.9 Å². The highest BCUT2D eigenvalue weighted by atomic mass is 16.3. The lowest BCUT2D eigenvalue weighted by atomic mass is 10.1. The third kappa shape index (κ3) is 2.07. The number of carbonyl (C=O) groups is 1. The van der Waals surface area contributed by atoms with Crippen LogP contribution >= 0.6 is 0 Å². The number of aromatic nitrogens is 3. The van der Waals surface area contributed by atoms with Crippen LogP contribution in [0.3, 0.4) is 0 Å². The summed E-state index contributed by atoms with van der Waals surface area (Å²) in [6.07, 6.45) is 5.04. The molecule has 0 saturated carbocycles. The summed E-state index contributed by atoms with van der Waals surface area (Å²) in [5.41, 5.74) is 2.06. The minimum absolute atomic E-state index is 0.273. The molecule has 0 saturated heterocycles. The van der Waals surface area contributed by atoms with E-state index >= 15 is 0 Å². The van der Waals surface area contributed by atoms with E-state index < -0.39 is 5.91 Å². The second-order valence-corrected chi connectivity index (χ2v) is 4.30. The van der Waals surface area contributed by atoms with Gasteiger partial charge in [-0.2, -0.15) is 5.10 Å². The maximum Gasteiger partial charge on any atom is 0.317 e. The smallest absolute Gasteiger partial charge is 0.264 e. The van der Waals surface area contributed by atoms with Crippen molar-refractivity contribution >= 4 is 16.8 Å². The highest BCUT2D eigenvalue weighted by Gasteiger charge is 2.13. The Morgan fingerprint density at radius 3 is 2.85 bits per heavy atom. The van der Waals surface area contributed by atoms with Gasteiger partial charge in [-0.1, -0.05) is 12.1 Å². The van der Waals surface area contributed by atoms with E-state index in [1.165, 1.54) is 0 Å². The van der Waals surface area contributed by atoms with Gasteiger partial charge in [0.25, 0.3) is 0 Å². The second-order valence-electron chi connectivity index (χ2n) is 4.30. The van der Waals surface area contributed by atoms with Crippen LogP contribution in [0.4, 0.5) is 0 Å². The highest BCUT2D eigenvalue weighted by Crippen LogP contribution is 2.20. The number of nitrogens with zero attached hydrogens (tertiary/aromatic N) is 4. The molecule has 0 radical (unpaired) electrons. The van der Waals surface area contributed by atoms with Crippen molar-refractivity contribution < 1.29 is 4.79 Å². The number of hydrogen-bond acceptors (Lipinski definition) is 4. The lowest BCUT2D eigenvalue weighted by Gasteiger charge is -2.03. The molecule has 3 aromatic rings. The number of amides is 1. The fraction of sp³-hybridized carbons (Fsp3) is 0.0714. The molecule has 20 heavy (non-hydrogen) atoms. The summed E-state index contributed by atoms with van der Waals surface area (Å²) in [7, 11) is 0. The molecule has 6 nitrogen and oxygen atoms in total. The minimum Gasteiger partial charge on any atom is -0.264 e. The lowest BCUT2D eigenvalue weighted by molar-refractivity contribution is 0.100. The van der Waals surface area contributed by atoms with E-state index in [9.17, 15) is 9.70 Å². The zero-order valence-corrected chi connectivity index (χ0v) is 10.4. The molecule has 2 heterocycles. The standard InChI is InChI=1S/C14H10N4O2/c19-14(17-20)11-4-1-5-13-12(11)8-16-18(13)9-10-3-2-6-15-7-10/h1-8H,9H2. The van der Waals surface area contributed by atoms with Gasteiger partial charge in [0.2, 0.25) is 0 Å². The molecular formula is C14H10N4O2. The summed E-state index contributed by atoms with van der Waals surface area (Å²) >= 11 is 0. The Morgan fingerprint density at radius 1 is 1.20 bits per heavy atom. The van der Waals surface area contributed by atoms with Gasteiger partial charge < -0.3 is 0 Å². The maximum atomic E-state index is 11.5. The van der Waals surface area contributed by atoms with Crippen LogP contribution in [0, 0.1) is 4.91 Å². The molecule has 0 unspecified atom stereocenters. The molecule has 0 fully saturated rings. The van der Waals surface area contributed by atoms with Gasteiger partial charge in [-0.3, -0.25) is 14.5 Å². The zero-order valence-electron chi connectivity index (χ0n) is 10.4. The van der Waals surface area contributed by atoms with Gasteiger partial charge in [0.05, 0.1) is 23.8 Å². The molecule has 3 rings (SSSR count). The van der Waals surface area contributed by atoms with Gasteiger partial charge in [-0.05, 0) is 23.8 Å². The van der Waals surface area contributed by atoms with Crippen molar-refractivity contribution in [3.63, 3.8) is 0 Å². The Kier molecular flexibility index (Phi) is 3.04. The van der Waals surface area contributed by atoms with Crippen LogP contribution in [0.15, 0.2) is 54.1 Å². The first-order valence-corrected chi connectivity index (χ1v) is 6.00. The van der Waals surface area contributed by atoms with Crippen molar-refractivity contribution in [1.29, 1.82) is 0 Å². The Bertz CT molecular complexity index is 780. The third-order valence-corrected chi connectivity index (χ3v) is 3.06. The van der Waals surface area contributed by atoms with Gasteiger partial charge >= 0.3 is 5.91 Å². The highest BCUT2D eigenvalue weighted by molar-refractivity contribution is 6.06. The van der Waals surface area contributed by atoms with Gasteiger partial charge in [0, 0.05) is 23.0 Å². The summed E-state index contributed by atoms with van der Waals surface area (Å²) < 4.78 is 1.76. The molecule has 0 N–H and O–H groups in total. The van der Waals surface area contributed by atoms with Crippen LogP contribution in [0.2, 0.25) is 0 Å². The van der Waals surface area contributed by atoms with E-state index in [-0.39, 0.29) is 5.56 Å². The molecule has 1 amide bonds. The van der Waals surface area contributed by atoms with E-state index in [1.807, 2.05) is 18.2 Å². The van der Waals surface area contributed by atoms with Crippen molar-refractivity contribution in [2.45, 2.75) is 6.54 Å². The number of pyridine rings is 1. The van der Waals surface area contributed by atoms with Crippen LogP contribution in [0.25, 0.3) is 10.9 Å². The summed E-state index contributed by atoms with van der Waals surface area (Å²) in [5, 5.41) is 7.35. The van der Waals surface area contributed by atoms with Crippen molar-refractivity contribution in [3.8, 4) is 0 Å². The lowest BCUT2D eigenvalue weighted by Crippen LogP contribution is -2.02. The van der Waals surface area contributed by atoms with E-state index in [0.29, 0.717) is 11.9 Å². The molecule has 6 heteroatoms. The average Bonchev–Trinajstić information content (AvgIpc) is 2.91. The fourth-order valence-electron chi connectivity index (χ4n) is 2.13.